The van der Waals surface area contributed by atoms with E-state index in [2.05, 4.69) is 29.3 Å². The predicted octanol–water partition coefficient (Wildman–Crippen LogP) is 3.35. The van der Waals surface area contributed by atoms with Crippen LogP contribution >= 0.6 is 0 Å². The maximum Gasteiger partial charge on any atom is 0.0277 e. The number of allylic oxidation sites excluding steroid dienone is 4. The second-order valence-corrected chi connectivity index (χ2v) is 2.88. The van der Waals surface area contributed by atoms with Crippen molar-refractivity contribution in [2.45, 2.75) is 6.92 Å². The van der Waals surface area contributed by atoms with Crippen molar-refractivity contribution in [3.8, 4) is 0 Å². The minimum absolute atomic E-state index is 1.21. The lowest BCUT2D eigenvalue weighted by Gasteiger charge is -1.99. The van der Waals surface area contributed by atoms with Crippen molar-refractivity contribution in [3.63, 3.8) is 0 Å². The van der Waals surface area contributed by atoms with Crippen molar-refractivity contribution in [1.29, 1.82) is 0 Å². The summed E-state index contributed by atoms with van der Waals surface area (Å²) in [7, 11) is 1.77. The molecule has 0 aliphatic heterocycles. The Kier molecular flexibility index (Phi) is 4.42. The molecule has 0 amide bonds. The zero-order valence-electron chi connectivity index (χ0n) is 8.64. The molecule has 1 rings (SSSR count). The van der Waals surface area contributed by atoms with Crippen molar-refractivity contribution in [3.05, 3.63) is 54.1 Å². The van der Waals surface area contributed by atoms with Gasteiger partial charge in [0, 0.05) is 13.3 Å². The van der Waals surface area contributed by atoms with E-state index < -0.39 is 0 Å². The third kappa shape index (κ3) is 3.02. The highest BCUT2D eigenvalue weighted by Crippen LogP contribution is 2.14. The summed E-state index contributed by atoms with van der Waals surface area (Å²) in [4.78, 5) is 3.90. The van der Waals surface area contributed by atoms with Crippen molar-refractivity contribution in [2.75, 3.05) is 7.05 Å². The van der Waals surface area contributed by atoms with Gasteiger partial charge in [-0.25, -0.2) is 0 Å². The van der Waals surface area contributed by atoms with Crippen molar-refractivity contribution in [2.24, 2.45) is 4.99 Å². The van der Waals surface area contributed by atoms with Gasteiger partial charge in [-0.1, -0.05) is 42.5 Å². The Labute approximate surface area is 85.5 Å². The third-order valence-corrected chi connectivity index (χ3v) is 1.93. The van der Waals surface area contributed by atoms with E-state index in [4.69, 9.17) is 0 Å². The molecule has 0 fully saturated rings. The van der Waals surface area contributed by atoms with Crippen LogP contribution in [0.25, 0.3) is 5.57 Å². The number of hydrogen-bond acceptors (Lipinski definition) is 1. The van der Waals surface area contributed by atoms with Gasteiger partial charge in [-0.3, -0.25) is 4.99 Å². The van der Waals surface area contributed by atoms with E-state index in [0.717, 1.165) is 0 Å². The molecule has 0 heterocycles. The first-order chi connectivity index (χ1) is 6.88. The standard InChI is InChI=1S/C13H15N/c1-3-12(10-7-11-14-2)13-8-5-4-6-9-13/h3-11H,1-2H3/b10-7-,12-3?,14-11+. The topological polar surface area (TPSA) is 12.4 Å². The molecule has 0 N–H and O–H groups in total. The molecule has 1 heteroatoms. The molecule has 0 atom stereocenters. The normalized spacial score (nSPS) is 12.9. The minimum atomic E-state index is 1.21. The minimum Gasteiger partial charge on any atom is -0.297 e. The lowest BCUT2D eigenvalue weighted by atomic mass is 10.1. The highest BCUT2D eigenvalue weighted by Gasteiger charge is 1.92. The van der Waals surface area contributed by atoms with Gasteiger partial charge in [0.25, 0.3) is 0 Å². The van der Waals surface area contributed by atoms with Crippen LogP contribution in [0.1, 0.15) is 12.5 Å². The zero-order chi connectivity index (χ0) is 10.2. The monoisotopic (exact) mass is 185 g/mol. The maximum atomic E-state index is 3.90. The van der Waals surface area contributed by atoms with Crippen LogP contribution < -0.4 is 0 Å². The molecule has 1 nitrogen and oxygen atoms in total. The second-order valence-electron chi connectivity index (χ2n) is 2.88. The van der Waals surface area contributed by atoms with Crippen LogP contribution in [0.5, 0.6) is 0 Å². The van der Waals surface area contributed by atoms with Crippen molar-refractivity contribution >= 4 is 11.8 Å². The smallest absolute Gasteiger partial charge is 0.0277 e. The molecule has 1 aromatic rings. The first-order valence-corrected chi connectivity index (χ1v) is 4.69. The highest BCUT2D eigenvalue weighted by molar-refractivity contribution is 5.80. The molecule has 0 unspecified atom stereocenters. The van der Waals surface area contributed by atoms with Crippen LogP contribution in [0.4, 0.5) is 0 Å². The van der Waals surface area contributed by atoms with Gasteiger partial charge in [0.05, 0.1) is 0 Å². The van der Waals surface area contributed by atoms with E-state index in [9.17, 15) is 0 Å². The summed E-state index contributed by atoms with van der Waals surface area (Å²) >= 11 is 0. The molecule has 0 aromatic heterocycles. The van der Waals surface area contributed by atoms with E-state index >= 15 is 0 Å². The van der Waals surface area contributed by atoms with E-state index in [0.29, 0.717) is 0 Å². The summed E-state index contributed by atoms with van der Waals surface area (Å²) in [6.45, 7) is 2.04. The Hall–Kier alpha value is -1.63. The second kappa shape index (κ2) is 5.92. The zero-order valence-corrected chi connectivity index (χ0v) is 8.64. The number of nitrogens with zero attached hydrogens (tertiary/aromatic N) is 1. The Morgan fingerprint density at radius 3 is 2.50 bits per heavy atom. The predicted molar refractivity (Wildman–Crippen MR) is 63.6 cm³/mol. The third-order valence-electron chi connectivity index (χ3n) is 1.93. The Morgan fingerprint density at radius 1 is 1.21 bits per heavy atom. The summed E-state index contributed by atoms with van der Waals surface area (Å²) in [6.07, 6.45) is 7.88. The van der Waals surface area contributed by atoms with Gasteiger partial charge >= 0.3 is 0 Å². The number of aliphatic imine (C=N–C) groups is 1. The molecule has 0 aliphatic rings. The van der Waals surface area contributed by atoms with Gasteiger partial charge in [-0.2, -0.15) is 0 Å². The fourth-order valence-corrected chi connectivity index (χ4v) is 1.22. The van der Waals surface area contributed by atoms with Crippen LogP contribution in [0, 0.1) is 0 Å². The SMILES string of the molecule is CC=C(/C=C\C=N\C)c1ccccc1. The van der Waals surface area contributed by atoms with Crippen molar-refractivity contribution < 1.29 is 0 Å². The molecule has 0 radical (unpaired) electrons. The molecule has 14 heavy (non-hydrogen) atoms. The molecule has 0 aliphatic carbocycles. The molecule has 0 saturated heterocycles. The fraction of sp³-hybridized carbons (Fsp3) is 0.154. The van der Waals surface area contributed by atoms with E-state index in [-0.39, 0.29) is 0 Å². The van der Waals surface area contributed by atoms with Gasteiger partial charge in [0.2, 0.25) is 0 Å². The summed E-state index contributed by atoms with van der Waals surface area (Å²) in [6, 6.07) is 10.3. The molecule has 72 valence electrons. The van der Waals surface area contributed by atoms with Crippen molar-refractivity contribution in [1.82, 2.24) is 0 Å². The molecule has 1 aromatic carbocycles. The van der Waals surface area contributed by atoms with Gasteiger partial charge in [0.15, 0.2) is 0 Å². The molecular weight excluding hydrogens is 170 g/mol. The van der Waals surface area contributed by atoms with Crippen LogP contribution in [0.2, 0.25) is 0 Å². The summed E-state index contributed by atoms with van der Waals surface area (Å²) in [5.41, 5.74) is 2.45. The average molecular weight is 185 g/mol. The van der Waals surface area contributed by atoms with E-state index in [1.165, 1.54) is 11.1 Å². The van der Waals surface area contributed by atoms with Gasteiger partial charge in [-0.15, -0.1) is 0 Å². The molecule has 0 saturated carbocycles. The lowest BCUT2D eigenvalue weighted by Crippen LogP contribution is -1.79. The summed E-state index contributed by atoms with van der Waals surface area (Å²) in [5.74, 6) is 0. The first-order valence-electron chi connectivity index (χ1n) is 4.69. The summed E-state index contributed by atoms with van der Waals surface area (Å²) in [5, 5.41) is 0. The lowest BCUT2D eigenvalue weighted by molar-refractivity contribution is 1.48. The number of rotatable bonds is 3. The Bertz CT molecular complexity index is 345. The van der Waals surface area contributed by atoms with E-state index in [1.807, 2.05) is 31.2 Å². The van der Waals surface area contributed by atoms with Crippen LogP contribution in [-0.4, -0.2) is 13.3 Å². The number of benzene rings is 1. The maximum absolute atomic E-state index is 3.90. The highest BCUT2D eigenvalue weighted by atomic mass is 14.6. The Balaban J connectivity index is 2.85. The van der Waals surface area contributed by atoms with Crippen LogP contribution in [-0.2, 0) is 0 Å². The van der Waals surface area contributed by atoms with Gasteiger partial charge in [0.1, 0.15) is 0 Å². The molecular formula is C13H15N. The van der Waals surface area contributed by atoms with Crippen LogP contribution in [0.3, 0.4) is 0 Å². The average Bonchev–Trinajstić information content (AvgIpc) is 2.26. The van der Waals surface area contributed by atoms with Gasteiger partial charge < -0.3 is 0 Å². The summed E-state index contributed by atoms with van der Waals surface area (Å²) < 4.78 is 0. The largest absolute Gasteiger partial charge is 0.297 e. The number of hydrogen-bond donors (Lipinski definition) is 0. The Morgan fingerprint density at radius 2 is 1.93 bits per heavy atom. The van der Waals surface area contributed by atoms with E-state index in [1.54, 1.807) is 13.3 Å². The molecule has 0 bridgehead atoms. The quantitative estimate of drug-likeness (QED) is 0.506. The first kappa shape index (κ1) is 10.5. The molecule has 0 spiro atoms. The van der Waals surface area contributed by atoms with Crippen LogP contribution in [0.15, 0.2) is 53.6 Å². The fourth-order valence-electron chi connectivity index (χ4n) is 1.22. The van der Waals surface area contributed by atoms with Gasteiger partial charge in [-0.05, 0) is 24.1 Å².